The topological polar surface area (TPSA) is 36.3 Å². The van der Waals surface area contributed by atoms with Gasteiger partial charge in [0.1, 0.15) is 5.75 Å². The van der Waals surface area contributed by atoms with Crippen molar-refractivity contribution in [2.24, 2.45) is 11.8 Å². The van der Waals surface area contributed by atoms with E-state index in [4.69, 9.17) is 10.00 Å². The molecular weight excluding hydrogens is 368 g/mol. The smallest absolute Gasteiger partial charge is 0.119 e. The highest BCUT2D eigenvalue weighted by molar-refractivity contribution is 5.34. The van der Waals surface area contributed by atoms with Crippen molar-refractivity contribution in [1.29, 1.82) is 5.26 Å². The second-order valence-electron chi connectivity index (χ2n) is 9.00. The van der Waals surface area contributed by atoms with Crippen LogP contribution in [-0.4, -0.2) is 31.1 Å². The molecular formula is C27H34N2O. The number of nitrogens with zero attached hydrogens (tertiary/aromatic N) is 2. The quantitative estimate of drug-likeness (QED) is 0.507. The van der Waals surface area contributed by atoms with E-state index < -0.39 is 0 Å². The summed E-state index contributed by atoms with van der Waals surface area (Å²) in [5.74, 6) is 3.34. The highest BCUT2D eigenvalue weighted by Gasteiger charge is 2.34. The van der Waals surface area contributed by atoms with Crippen molar-refractivity contribution in [3.05, 3.63) is 65.7 Å². The summed E-state index contributed by atoms with van der Waals surface area (Å²) in [6.45, 7) is 4.29. The van der Waals surface area contributed by atoms with Gasteiger partial charge in [0, 0.05) is 6.54 Å². The van der Waals surface area contributed by atoms with Crippen LogP contribution in [0.5, 0.6) is 5.75 Å². The number of piperidine rings is 1. The standard InChI is InChI=1S/C27H34N2O/c28-21-22-11-13-26(14-12-22)30-20-6-17-29-18-15-25(16-19-29)27(24-9-4-5-10-24)23-7-2-1-3-8-23/h1-3,7-8,11-14,24-25,27H,4-6,9-10,15-20H2. The highest BCUT2D eigenvalue weighted by atomic mass is 16.5. The minimum Gasteiger partial charge on any atom is -0.494 e. The summed E-state index contributed by atoms with van der Waals surface area (Å²) in [7, 11) is 0. The van der Waals surface area contributed by atoms with Gasteiger partial charge in [0.15, 0.2) is 0 Å². The molecule has 2 fully saturated rings. The number of rotatable bonds is 8. The molecule has 0 N–H and O–H groups in total. The third-order valence-corrected chi connectivity index (χ3v) is 7.10. The van der Waals surface area contributed by atoms with Crippen molar-refractivity contribution in [2.75, 3.05) is 26.2 Å². The van der Waals surface area contributed by atoms with Gasteiger partial charge in [0.2, 0.25) is 0 Å². The van der Waals surface area contributed by atoms with Crippen LogP contribution in [0.25, 0.3) is 0 Å². The molecule has 0 aromatic heterocycles. The molecule has 2 aromatic rings. The SMILES string of the molecule is N#Cc1ccc(OCCCN2CCC(C(c3ccccc3)C3CCCC3)CC2)cc1. The Morgan fingerprint density at radius 2 is 1.57 bits per heavy atom. The molecule has 30 heavy (non-hydrogen) atoms. The van der Waals surface area contributed by atoms with Gasteiger partial charge in [-0.05, 0) is 92.8 Å². The molecule has 3 nitrogen and oxygen atoms in total. The monoisotopic (exact) mass is 402 g/mol. The van der Waals surface area contributed by atoms with E-state index in [1.54, 1.807) is 5.56 Å². The van der Waals surface area contributed by atoms with Crippen LogP contribution in [0.2, 0.25) is 0 Å². The first-order valence-electron chi connectivity index (χ1n) is 11.7. The van der Waals surface area contributed by atoms with Crippen molar-refractivity contribution in [2.45, 2.75) is 50.9 Å². The van der Waals surface area contributed by atoms with Gasteiger partial charge in [-0.1, -0.05) is 43.2 Å². The maximum atomic E-state index is 8.87. The molecule has 1 heterocycles. The molecule has 2 aliphatic rings. The predicted molar refractivity (Wildman–Crippen MR) is 122 cm³/mol. The van der Waals surface area contributed by atoms with E-state index in [-0.39, 0.29) is 0 Å². The molecule has 2 aromatic carbocycles. The van der Waals surface area contributed by atoms with Gasteiger partial charge in [0.05, 0.1) is 18.2 Å². The zero-order valence-electron chi connectivity index (χ0n) is 18.0. The van der Waals surface area contributed by atoms with Crippen LogP contribution in [0, 0.1) is 23.2 Å². The Morgan fingerprint density at radius 3 is 2.23 bits per heavy atom. The Kier molecular flexibility index (Phi) is 7.43. The minimum atomic E-state index is 0.677. The van der Waals surface area contributed by atoms with Crippen LogP contribution >= 0.6 is 0 Å². The average Bonchev–Trinajstić information content (AvgIpc) is 3.33. The van der Waals surface area contributed by atoms with Crippen LogP contribution in [-0.2, 0) is 0 Å². The minimum absolute atomic E-state index is 0.677. The number of hydrogen-bond acceptors (Lipinski definition) is 3. The maximum absolute atomic E-state index is 8.87. The average molecular weight is 403 g/mol. The van der Waals surface area contributed by atoms with Gasteiger partial charge in [0.25, 0.3) is 0 Å². The van der Waals surface area contributed by atoms with E-state index in [0.717, 1.165) is 43.1 Å². The maximum Gasteiger partial charge on any atom is 0.119 e. The number of hydrogen-bond donors (Lipinski definition) is 0. The number of ether oxygens (including phenoxy) is 1. The summed E-state index contributed by atoms with van der Waals surface area (Å²) in [5.41, 5.74) is 2.26. The Hall–Kier alpha value is -2.31. The first-order chi connectivity index (χ1) is 14.8. The van der Waals surface area contributed by atoms with Crippen LogP contribution in [0.3, 0.4) is 0 Å². The second kappa shape index (κ2) is 10.6. The molecule has 1 saturated heterocycles. The highest BCUT2D eigenvalue weighted by Crippen LogP contribution is 2.45. The van der Waals surface area contributed by atoms with Gasteiger partial charge in [-0.25, -0.2) is 0 Å². The van der Waals surface area contributed by atoms with E-state index in [9.17, 15) is 0 Å². The van der Waals surface area contributed by atoms with Crippen molar-refractivity contribution in [3.63, 3.8) is 0 Å². The van der Waals surface area contributed by atoms with E-state index >= 15 is 0 Å². The van der Waals surface area contributed by atoms with Crippen molar-refractivity contribution >= 4 is 0 Å². The fourth-order valence-electron chi connectivity index (χ4n) is 5.56. The Bertz CT molecular complexity index is 797. The first kappa shape index (κ1) is 20.9. The van der Waals surface area contributed by atoms with Crippen molar-refractivity contribution in [1.82, 2.24) is 4.90 Å². The molecule has 4 rings (SSSR count). The number of nitriles is 1. The van der Waals surface area contributed by atoms with Gasteiger partial charge in [-0.15, -0.1) is 0 Å². The van der Waals surface area contributed by atoms with E-state index in [1.807, 2.05) is 24.3 Å². The predicted octanol–water partition coefficient (Wildman–Crippen LogP) is 6.01. The molecule has 0 radical (unpaired) electrons. The van der Waals surface area contributed by atoms with Gasteiger partial charge in [-0.2, -0.15) is 5.26 Å². The lowest BCUT2D eigenvalue weighted by Gasteiger charge is -2.39. The van der Waals surface area contributed by atoms with E-state index in [1.165, 1.54) is 51.6 Å². The van der Waals surface area contributed by atoms with E-state index in [2.05, 4.69) is 41.3 Å². The molecule has 1 aliphatic heterocycles. The summed E-state index contributed by atoms with van der Waals surface area (Å²) in [6.07, 6.45) is 9.39. The third-order valence-electron chi connectivity index (χ3n) is 7.10. The molecule has 0 spiro atoms. The fraction of sp³-hybridized carbons (Fsp3) is 0.519. The molecule has 0 bridgehead atoms. The molecule has 3 heteroatoms. The summed E-state index contributed by atoms with van der Waals surface area (Å²) in [4.78, 5) is 2.62. The van der Waals surface area contributed by atoms with Gasteiger partial charge in [-0.3, -0.25) is 0 Å². The van der Waals surface area contributed by atoms with Gasteiger partial charge < -0.3 is 9.64 Å². The molecule has 1 saturated carbocycles. The van der Waals surface area contributed by atoms with Gasteiger partial charge >= 0.3 is 0 Å². The Balaban J connectivity index is 1.23. The molecule has 1 atom stereocenters. The third kappa shape index (κ3) is 5.43. The zero-order valence-corrected chi connectivity index (χ0v) is 18.0. The normalized spacial score (nSPS) is 19.4. The Labute approximate surface area is 181 Å². The fourth-order valence-corrected chi connectivity index (χ4v) is 5.56. The summed E-state index contributed by atoms with van der Waals surface area (Å²) < 4.78 is 5.85. The van der Waals surface area contributed by atoms with Crippen LogP contribution < -0.4 is 4.74 Å². The Morgan fingerprint density at radius 1 is 0.900 bits per heavy atom. The first-order valence-corrected chi connectivity index (χ1v) is 11.7. The van der Waals surface area contributed by atoms with Crippen LogP contribution in [0.1, 0.15) is 62.0 Å². The number of likely N-dealkylation sites (tertiary alicyclic amines) is 1. The van der Waals surface area contributed by atoms with Crippen LogP contribution in [0.15, 0.2) is 54.6 Å². The molecule has 1 unspecified atom stereocenters. The molecule has 1 aliphatic carbocycles. The molecule has 158 valence electrons. The lowest BCUT2D eigenvalue weighted by atomic mass is 9.72. The molecule has 0 amide bonds. The largest absolute Gasteiger partial charge is 0.494 e. The van der Waals surface area contributed by atoms with E-state index in [0.29, 0.717) is 5.56 Å². The lowest BCUT2D eigenvalue weighted by Crippen LogP contribution is -2.37. The summed E-state index contributed by atoms with van der Waals surface area (Å²) >= 11 is 0. The number of benzene rings is 2. The summed E-state index contributed by atoms with van der Waals surface area (Å²) in [6, 6.07) is 20.9. The van der Waals surface area contributed by atoms with Crippen LogP contribution in [0.4, 0.5) is 0 Å². The summed E-state index contributed by atoms with van der Waals surface area (Å²) in [5, 5.41) is 8.87. The van der Waals surface area contributed by atoms with Crippen molar-refractivity contribution in [3.8, 4) is 11.8 Å². The second-order valence-corrected chi connectivity index (χ2v) is 9.00. The lowest BCUT2D eigenvalue weighted by molar-refractivity contribution is 0.142. The van der Waals surface area contributed by atoms with Crippen molar-refractivity contribution < 1.29 is 4.74 Å². The zero-order chi connectivity index (χ0) is 20.6.